The predicted molar refractivity (Wildman–Crippen MR) is 223 cm³/mol. The Morgan fingerprint density at radius 2 is 1.66 bits per heavy atom. The summed E-state index contributed by atoms with van der Waals surface area (Å²) < 4.78 is 2.59. The van der Waals surface area contributed by atoms with E-state index in [4.69, 9.17) is 0 Å². The number of rotatable bonds is 2. The Hall–Kier alpha value is -5.86. The van der Waals surface area contributed by atoms with Crippen LogP contribution in [-0.2, 0) is 11.8 Å². The summed E-state index contributed by atoms with van der Waals surface area (Å²) in [5, 5.41) is 4.17. The molecule has 1 saturated carbocycles. The largest absolute Gasteiger partial charge is 0.313 e. The van der Waals surface area contributed by atoms with E-state index in [1.807, 2.05) is 0 Å². The van der Waals surface area contributed by atoms with Gasteiger partial charge in [0.05, 0.1) is 16.9 Å². The quantitative estimate of drug-likeness (QED) is 0.180. The van der Waals surface area contributed by atoms with E-state index in [-0.39, 0.29) is 5.41 Å². The van der Waals surface area contributed by atoms with Crippen molar-refractivity contribution in [3.05, 3.63) is 190 Å². The molecular formula is C51H40N2. The minimum atomic E-state index is -0.0548. The Bertz CT molecular complexity index is 2790. The van der Waals surface area contributed by atoms with E-state index >= 15 is 0 Å². The summed E-state index contributed by atoms with van der Waals surface area (Å²) in [5.41, 5.74) is 20.4. The number of hydrogen-bond donors (Lipinski definition) is 0. The second-order valence-electron chi connectivity index (χ2n) is 16.4. The molecule has 2 heteroatoms. The van der Waals surface area contributed by atoms with E-state index in [0.29, 0.717) is 5.92 Å². The summed E-state index contributed by atoms with van der Waals surface area (Å²) in [5.74, 6) is 1.40. The zero-order valence-corrected chi connectivity index (χ0v) is 30.2. The SMILES string of the molecule is CC1(C)C2=C(C=CC=CC2)c2c3c1cccc3cc1c2c2c(n1-c1ccc(N3C4=CC=CC=C(C4)c4ccccc43)cc1)C=C1C=CC3CC3C1=CC2. The minimum Gasteiger partial charge on any atom is -0.313 e. The number of allylic oxidation sites excluding steroid dienone is 16. The number of anilines is 2. The first-order valence-electron chi connectivity index (χ1n) is 19.4. The molecule has 53 heavy (non-hydrogen) atoms. The van der Waals surface area contributed by atoms with Crippen LogP contribution in [0, 0.1) is 11.8 Å². The second kappa shape index (κ2) is 10.6. The number of benzene rings is 4. The van der Waals surface area contributed by atoms with Gasteiger partial charge in [-0.2, -0.15) is 0 Å². The van der Waals surface area contributed by atoms with Gasteiger partial charge in [0.15, 0.2) is 0 Å². The molecule has 1 aliphatic heterocycles. The Labute approximate surface area is 311 Å². The molecule has 2 bridgehead atoms. The highest BCUT2D eigenvalue weighted by Gasteiger charge is 2.42. The molecule has 4 aromatic carbocycles. The van der Waals surface area contributed by atoms with Crippen LogP contribution in [0.5, 0.6) is 0 Å². The summed E-state index contributed by atoms with van der Waals surface area (Å²) in [6.07, 6.45) is 32.3. The summed E-state index contributed by atoms with van der Waals surface area (Å²) in [6, 6.07) is 27.7. The van der Waals surface area contributed by atoms with E-state index < -0.39 is 0 Å². The first-order valence-corrected chi connectivity index (χ1v) is 19.4. The molecule has 6 aliphatic carbocycles. The molecule has 2 unspecified atom stereocenters. The molecule has 0 amide bonds. The fourth-order valence-corrected chi connectivity index (χ4v) is 10.6. The first kappa shape index (κ1) is 29.7. The minimum absolute atomic E-state index is 0.0548. The van der Waals surface area contributed by atoms with Crippen molar-refractivity contribution >= 4 is 50.3 Å². The number of hydrogen-bond acceptors (Lipinski definition) is 1. The molecule has 2 nitrogen and oxygen atoms in total. The highest BCUT2D eigenvalue weighted by atomic mass is 15.2. The van der Waals surface area contributed by atoms with Gasteiger partial charge in [-0.05, 0) is 135 Å². The summed E-state index contributed by atoms with van der Waals surface area (Å²) in [6.45, 7) is 4.86. The maximum atomic E-state index is 2.59. The Kier molecular flexibility index (Phi) is 5.94. The fraction of sp³-hybridized carbons (Fsp3) is 0.176. The van der Waals surface area contributed by atoms with Crippen LogP contribution in [0.1, 0.15) is 61.1 Å². The van der Waals surface area contributed by atoms with E-state index in [2.05, 4.69) is 169 Å². The van der Waals surface area contributed by atoms with Crippen LogP contribution in [0.4, 0.5) is 11.4 Å². The van der Waals surface area contributed by atoms with Gasteiger partial charge in [0.2, 0.25) is 0 Å². The molecule has 254 valence electrons. The van der Waals surface area contributed by atoms with Crippen LogP contribution < -0.4 is 4.90 Å². The maximum absolute atomic E-state index is 2.59. The lowest BCUT2D eigenvalue weighted by molar-refractivity contribution is 0.615. The van der Waals surface area contributed by atoms with Gasteiger partial charge in [-0.3, -0.25) is 0 Å². The van der Waals surface area contributed by atoms with Crippen molar-refractivity contribution in [2.45, 2.75) is 44.9 Å². The van der Waals surface area contributed by atoms with Crippen molar-refractivity contribution in [2.24, 2.45) is 11.8 Å². The maximum Gasteiger partial charge on any atom is 0.0550 e. The summed E-state index contributed by atoms with van der Waals surface area (Å²) >= 11 is 0. The lowest BCUT2D eigenvalue weighted by Crippen LogP contribution is -2.25. The van der Waals surface area contributed by atoms with E-state index in [1.54, 1.807) is 5.57 Å². The van der Waals surface area contributed by atoms with Crippen molar-refractivity contribution in [1.82, 2.24) is 4.57 Å². The fourth-order valence-electron chi connectivity index (χ4n) is 10.6. The average molecular weight is 681 g/mol. The third-order valence-electron chi connectivity index (χ3n) is 13.2. The zero-order valence-electron chi connectivity index (χ0n) is 30.2. The average Bonchev–Trinajstić information content (AvgIpc) is 4.00. The first-order chi connectivity index (χ1) is 26.0. The highest BCUT2D eigenvalue weighted by molar-refractivity contribution is 6.16. The molecule has 0 spiro atoms. The number of aromatic nitrogens is 1. The van der Waals surface area contributed by atoms with E-state index in [9.17, 15) is 0 Å². The van der Waals surface area contributed by atoms with E-state index in [1.165, 1.54) is 101 Å². The van der Waals surface area contributed by atoms with Gasteiger partial charge in [0.1, 0.15) is 0 Å². The number of fused-ring (bicyclic) bond motifs is 12. The number of nitrogens with zero attached hydrogens (tertiary/aromatic N) is 2. The van der Waals surface area contributed by atoms with Crippen LogP contribution in [0.25, 0.3) is 44.6 Å². The van der Waals surface area contributed by atoms with Crippen molar-refractivity contribution in [3.8, 4) is 5.69 Å². The summed E-state index contributed by atoms with van der Waals surface area (Å²) in [7, 11) is 0. The topological polar surface area (TPSA) is 8.17 Å². The molecule has 0 N–H and O–H groups in total. The smallest absolute Gasteiger partial charge is 0.0550 e. The van der Waals surface area contributed by atoms with Crippen LogP contribution in [0.3, 0.4) is 0 Å². The third kappa shape index (κ3) is 4.10. The predicted octanol–water partition coefficient (Wildman–Crippen LogP) is 12.8. The molecule has 2 heterocycles. The normalized spacial score (nSPS) is 22.4. The van der Waals surface area contributed by atoms with Crippen LogP contribution in [0.15, 0.2) is 162 Å². The monoisotopic (exact) mass is 680 g/mol. The molecule has 2 atom stereocenters. The Balaban J connectivity index is 1.12. The van der Waals surface area contributed by atoms with Gasteiger partial charge in [0, 0.05) is 39.9 Å². The zero-order chi connectivity index (χ0) is 35.0. The van der Waals surface area contributed by atoms with Crippen LogP contribution >= 0.6 is 0 Å². The van der Waals surface area contributed by atoms with Gasteiger partial charge >= 0.3 is 0 Å². The van der Waals surface area contributed by atoms with Crippen molar-refractivity contribution < 1.29 is 0 Å². The highest BCUT2D eigenvalue weighted by Crippen LogP contribution is 2.55. The Morgan fingerprint density at radius 3 is 2.58 bits per heavy atom. The molecule has 12 rings (SSSR count). The van der Waals surface area contributed by atoms with Gasteiger partial charge in [0.25, 0.3) is 0 Å². The molecule has 5 aromatic rings. The lowest BCUT2D eigenvalue weighted by atomic mass is 9.66. The van der Waals surface area contributed by atoms with Gasteiger partial charge < -0.3 is 9.47 Å². The Morgan fingerprint density at radius 1 is 0.792 bits per heavy atom. The van der Waals surface area contributed by atoms with Crippen LogP contribution in [-0.4, -0.2) is 4.57 Å². The molecule has 1 fully saturated rings. The van der Waals surface area contributed by atoms with Gasteiger partial charge in [-0.15, -0.1) is 0 Å². The van der Waals surface area contributed by atoms with Gasteiger partial charge in [-0.1, -0.05) is 111 Å². The third-order valence-corrected chi connectivity index (χ3v) is 13.2. The standard InChI is InChI=1S/C51H40N2/c1-51(2)43-16-5-3-4-15-40(43)50-48-34(12-10-17-44(48)51)30-47-49(50)41-26-25-38-33(20-19-32-28-42(32)38)29-46(41)53(47)36-23-21-35(22-24-36)52-37-13-7-6-11-31(27-37)39-14-8-9-18-45(39)52/h3-15,17-25,29-30,32,42H,16,26-28H2,1-2H3. The van der Waals surface area contributed by atoms with Crippen molar-refractivity contribution in [1.29, 1.82) is 0 Å². The lowest BCUT2D eigenvalue weighted by Gasteiger charge is -2.37. The van der Waals surface area contributed by atoms with Crippen molar-refractivity contribution in [3.63, 3.8) is 0 Å². The molecule has 7 aliphatic rings. The summed E-state index contributed by atoms with van der Waals surface area (Å²) in [4.78, 5) is 2.46. The van der Waals surface area contributed by atoms with Gasteiger partial charge in [-0.25, -0.2) is 0 Å². The molecule has 1 aromatic heterocycles. The molecule has 0 radical (unpaired) electrons. The van der Waals surface area contributed by atoms with E-state index in [0.717, 1.165) is 25.2 Å². The molecule has 0 saturated heterocycles. The molecular weight excluding hydrogens is 641 g/mol. The second-order valence-corrected chi connectivity index (χ2v) is 16.4. The van der Waals surface area contributed by atoms with Crippen LogP contribution in [0.2, 0.25) is 0 Å². The number of para-hydroxylation sites is 1. The van der Waals surface area contributed by atoms with Crippen molar-refractivity contribution in [2.75, 3.05) is 4.90 Å².